The monoisotopic (exact) mass is 507 g/mol. The second-order valence-corrected chi connectivity index (χ2v) is 12.3. The van der Waals surface area contributed by atoms with Crippen molar-refractivity contribution in [2.45, 2.75) is 36.0 Å². The number of anilines is 2. The summed E-state index contributed by atoms with van der Waals surface area (Å²) in [6, 6.07) is 12.7. The molecule has 0 spiro atoms. The Balaban J connectivity index is 2.07. The molecule has 0 saturated carbocycles. The summed E-state index contributed by atoms with van der Waals surface area (Å²) < 4.78 is 60.4. The maximum Gasteiger partial charge on any atom is 0.264 e. The molecule has 1 heterocycles. The molecule has 1 saturated heterocycles. The van der Waals surface area contributed by atoms with Crippen LogP contribution >= 0.6 is 0 Å². The van der Waals surface area contributed by atoms with Gasteiger partial charge in [-0.25, -0.2) is 21.1 Å². The molecule has 0 amide bonds. The van der Waals surface area contributed by atoms with Crippen LogP contribution in [0.25, 0.3) is 0 Å². The van der Waals surface area contributed by atoms with Gasteiger partial charge in [-0.15, -0.1) is 0 Å². The van der Waals surface area contributed by atoms with Crippen LogP contribution in [0.3, 0.4) is 0 Å². The zero-order valence-electron chi connectivity index (χ0n) is 20.0. The van der Waals surface area contributed by atoms with Gasteiger partial charge in [0, 0.05) is 27.2 Å². The third kappa shape index (κ3) is 5.56. The second-order valence-electron chi connectivity index (χ2n) is 8.28. The molecule has 0 unspecified atom stereocenters. The van der Waals surface area contributed by atoms with Gasteiger partial charge in [-0.1, -0.05) is 18.7 Å². The van der Waals surface area contributed by atoms with Crippen molar-refractivity contribution in [1.29, 1.82) is 0 Å². The third-order valence-corrected chi connectivity index (χ3v) is 9.31. The van der Waals surface area contributed by atoms with Crippen molar-refractivity contribution in [3.8, 4) is 0 Å². The number of piperidine rings is 1. The SMILES string of the molecule is C=C(CN(c1ccccc1N1CCCCC1)S(=O)(=O)c1ccc(S(=O)(=O)N(C)C)cc1)OCC. The molecule has 34 heavy (non-hydrogen) atoms. The molecule has 1 aliphatic rings. The van der Waals surface area contributed by atoms with Crippen molar-refractivity contribution in [3.05, 3.63) is 60.9 Å². The quantitative estimate of drug-likeness (QED) is 0.456. The van der Waals surface area contributed by atoms with Gasteiger partial charge in [0.15, 0.2) is 0 Å². The van der Waals surface area contributed by atoms with Crippen molar-refractivity contribution >= 4 is 31.4 Å². The first-order valence-electron chi connectivity index (χ1n) is 11.3. The van der Waals surface area contributed by atoms with Crippen molar-refractivity contribution < 1.29 is 21.6 Å². The molecule has 0 N–H and O–H groups in total. The van der Waals surface area contributed by atoms with E-state index in [0.29, 0.717) is 18.1 Å². The van der Waals surface area contributed by atoms with E-state index in [1.807, 2.05) is 25.1 Å². The molecule has 2 aromatic rings. The normalized spacial score (nSPS) is 14.8. The minimum absolute atomic E-state index is 0.0112. The first kappa shape index (κ1) is 26.1. The number of hydrogen-bond acceptors (Lipinski definition) is 6. The van der Waals surface area contributed by atoms with Gasteiger partial charge < -0.3 is 9.64 Å². The first-order valence-corrected chi connectivity index (χ1v) is 14.2. The van der Waals surface area contributed by atoms with Crippen LogP contribution in [-0.2, 0) is 24.8 Å². The van der Waals surface area contributed by atoms with E-state index in [1.165, 1.54) is 42.7 Å². The van der Waals surface area contributed by atoms with Crippen LogP contribution in [0, 0.1) is 0 Å². The molecular weight excluding hydrogens is 474 g/mol. The number of rotatable bonds is 10. The summed E-state index contributed by atoms with van der Waals surface area (Å²) in [6.07, 6.45) is 3.26. The van der Waals surface area contributed by atoms with Crippen molar-refractivity contribution in [1.82, 2.24) is 4.31 Å². The topological polar surface area (TPSA) is 87.2 Å². The summed E-state index contributed by atoms with van der Waals surface area (Å²) in [6.45, 7) is 7.74. The van der Waals surface area contributed by atoms with E-state index in [-0.39, 0.29) is 16.3 Å². The molecule has 3 rings (SSSR count). The third-order valence-electron chi connectivity index (χ3n) is 5.71. The van der Waals surface area contributed by atoms with Gasteiger partial charge in [0.25, 0.3) is 10.0 Å². The number of sulfonamides is 2. The molecule has 186 valence electrons. The Morgan fingerprint density at radius 2 is 1.47 bits per heavy atom. The number of hydrogen-bond donors (Lipinski definition) is 0. The van der Waals surface area contributed by atoms with Crippen LogP contribution in [0.1, 0.15) is 26.2 Å². The number of nitrogens with zero attached hydrogens (tertiary/aromatic N) is 3. The maximum atomic E-state index is 13.9. The Hall–Kier alpha value is -2.56. The predicted molar refractivity (Wildman–Crippen MR) is 135 cm³/mol. The molecule has 1 aliphatic heterocycles. The van der Waals surface area contributed by atoms with Gasteiger partial charge in [0.2, 0.25) is 10.0 Å². The van der Waals surface area contributed by atoms with Crippen LogP contribution < -0.4 is 9.21 Å². The molecule has 0 atom stereocenters. The van der Waals surface area contributed by atoms with Gasteiger partial charge in [0.05, 0.1) is 34.3 Å². The molecule has 0 radical (unpaired) electrons. The molecule has 0 bridgehead atoms. The van der Waals surface area contributed by atoms with Gasteiger partial charge >= 0.3 is 0 Å². The molecule has 1 fully saturated rings. The first-order chi connectivity index (χ1) is 16.1. The highest BCUT2D eigenvalue weighted by Crippen LogP contribution is 2.35. The summed E-state index contributed by atoms with van der Waals surface area (Å²) in [7, 11) is -4.87. The smallest absolute Gasteiger partial charge is 0.264 e. The van der Waals surface area contributed by atoms with Crippen molar-refractivity contribution in [2.24, 2.45) is 0 Å². The summed E-state index contributed by atoms with van der Waals surface area (Å²) >= 11 is 0. The lowest BCUT2D eigenvalue weighted by Gasteiger charge is -2.34. The van der Waals surface area contributed by atoms with Crippen LogP contribution in [0.2, 0.25) is 0 Å². The number of benzene rings is 2. The Labute approximate surface area is 203 Å². The molecule has 2 aromatic carbocycles. The minimum Gasteiger partial charge on any atom is -0.497 e. The fourth-order valence-electron chi connectivity index (χ4n) is 3.91. The zero-order chi connectivity index (χ0) is 24.9. The van der Waals surface area contributed by atoms with E-state index in [0.717, 1.165) is 42.3 Å². The van der Waals surface area contributed by atoms with Crippen molar-refractivity contribution in [2.75, 3.05) is 49.5 Å². The molecule has 0 aromatic heterocycles. The standard InChI is InChI=1S/C24H33N3O5S2/c1-5-32-20(2)19-27(24-12-8-7-11-23(24)26-17-9-6-10-18-26)34(30,31)22-15-13-21(14-16-22)33(28,29)25(3)4/h7-8,11-16H,2,5-6,9-10,17-19H2,1,3-4H3. The summed E-state index contributed by atoms with van der Waals surface area (Å²) in [5, 5.41) is 0. The Bertz CT molecular complexity index is 1200. The average molecular weight is 508 g/mol. The summed E-state index contributed by atoms with van der Waals surface area (Å²) in [4.78, 5) is 2.22. The lowest BCUT2D eigenvalue weighted by Crippen LogP contribution is -2.36. The molecular formula is C24H33N3O5S2. The van der Waals surface area contributed by atoms with Crippen LogP contribution in [-0.4, -0.2) is 61.5 Å². The average Bonchev–Trinajstić information content (AvgIpc) is 2.83. The van der Waals surface area contributed by atoms with Crippen LogP contribution in [0.15, 0.2) is 70.7 Å². The highest BCUT2D eigenvalue weighted by Gasteiger charge is 2.30. The van der Waals surface area contributed by atoms with Gasteiger partial charge in [-0.3, -0.25) is 4.31 Å². The zero-order valence-corrected chi connectivity index (χ0v) is 21.6. The maximum absolute atomic E-state index is 13.9. The van der Waals surface area contributed by atoms with Crippen molar-refractivity contribution in [3.63, 3.8) is 0 Å². The van der Waals surface area contributed by atoms with Gasteiger partial charge in [-0.05, 0) is 62.6 Å². The number of ether oxygens (including phenoxy) is 1. The van der Waals surface area contributed by atoms with Gasteiger partial charge in [0.1, 0.15) is 5.76 Å². The van der Waals surface area contributed by atoms with Crippen LogP contribution in [0.5, 0.6) is 0 Å². The molecule has 0 aliphatic carbocycles. The highest BCUT2D eigenvalue weighted by atomic mass is 32.2. The fraction of sp³-hybridized carbons (Fsp3) is 0.417. The van der Waals surface area contributed by atoms with E-state index >= 15 is 0 Å². The molecule has 8 nitrogen and oxygen atoms in total. The Morgan fingerprint density at radius 1 is 0.912 bits per heavy atom. The Morgan fingerprint density at radius 3 is 2.03 bits per heavy atom. The van der Waals surface area contributed by atoms with E-state index < -0.39 is 20.0 Å². The van der Waals surface area contributed by atoms with E-state index in [4.69, 9.17) is 4.74 Å². The lowest BCUT2D eigenvalue weighted by molar-refractivity contribution is 0.228. The predicted octanol–water partition coefficient (Wildman–Crippen LogP) is 3.67. The summed E-state index contributed by atoms with van der Waals surface area (Å²) in [5.41, 5.74) is 1.37. The molecule has 10 heteroatoms. The van der Waals surface area contributed by atoms with E-state index in [1.54, 1.807) is 6.07 Å². The lowest BCUT2D eigenvalue weighted by atomic mass is 10.1. The Kier molecular flexibility index (Phi) is 8.27. The largest absolute Gasteiger partial charge is 0.497 e. The minimum atomic E-state index is -4.05. The highest BCUT2D eigenvalue weighted by molar-refractivity contribution is 7.93. The van der Waals surface area contributed by atoms with E-state index in [9.17, 15) is 16.8 Å². The fourth-order valence-corrected chi connectivity index (χ4v) is 6.27. The van der Waals surface area contributed by atoms with Crippen LogP contribution in [0.4, 0.5) is 11.4 Å². The van der Waals surface area contributed by atoms with E-state index in [2.05, 4.69) is 11.5 Å². The number of para-hydroxylation sites is 2. The second kappa shape index (κ2) is 10.8. The van der Waals surface area contributed by atoms with Gasteiger partial charge in [-0.2, -0.15) is 0 Å². The summed E-state index contributed by atoms with van der Waals surface area (Å²) in [5.74, 6) is 0.325.